The Labute approximate surface area is 69.0 Å². The second-order valence-electron chi connectivity index (χ2n) is 2.06. The van der Waals surface area contributed by atoms with Gasteiger partial charge in [-0.3, -0.25) is 0 Å². The molecular formula is C7H9BrO2. The number of hydrogen-bond donors (Lipinski definition) is 0. The van der Waals surface area contributed by atoms with Crippen LogP contribution in [0.15, 0.2) is 0 Å². The molecule has 0 unspecified atom stereocenters. The van der Waals surface area contributed by atoms with Gasteiger partial charge in [0, 0.05) is 0 Å². The van der Waals surface area contributed by atoms with Crippen LogP contribution in [0, 0.1) is 12.3 Å². The van der Waals surface area contributed by atoms with Crippen molar-refractivity contribution >= 4 is 15.9 Å². The third-order valence-electron chi connectivity index (χ3n) is 1.30. The highest BCUT2D eigenvalue weighted by Crippen LogP contribution is 2.21. The number of rotatable bonds is 2. The molecule has 0 N–H and O–H groups in total. The van der Waals surface area contributed by atoms with Gasteiger partial charge in [-0.05, 0) is 6.42 Å². The maximum atomic E-state index is 5.20. The maximum Gasteiger partial charge on any atom is 0.171 e. The van der Waals surface area contributed by atoms with Crippen molar-refractivity contribution in [2.45, 2.75) is 17.5 Å². The first-order valence-electron chi connectivity index (χ1n) is 3.15. The number of terminal acetylenes is 1. The average Bonchev–Trinajstić information content (AvgIpc) is 2.31. The summed E-state index contributed by atoms with van der Waals surface area (Å²) in [6.07, 6.45) is 5.86. The van der Waals surface area contributed by atoms with Gasteiger partial charge in [-0.25, -0.2) is 0 Å². The van der Waals surface area contributed by atoms with E-state index in [1.54, 1.807) is 0 Å². The molecule has 0 bridgehead atoms. The highest BCUT2D eigenvalue weighted by molar-refractivity contribution is 9.09. The zero-order chi connectivity index (χ0) is 7.40. The summed E-state index contributed by atoms with van der Waals surface area (Å²) < 4.78 is 10.4. The molecule has 1 fully saturated rings. The molecule has 1 saturated heterocycles. The molecule has 0 aromatic rings. The lowest BCUT2D eigenvalue weighted by molar-refractivity contribution is -0.0961. The fourth-order valence-corrected chi connectivity index (χ4v) is 1.31. The Kier molecular flexibility index (Phi) is 3.20. The largest absolute Gasteiger partial charge is 0.351 e. The van der Waals surface area contributed by atoms with Crippen LogP contribution in [0.3, 0.4) is 0 Å². The molecule has 2 atom stereocenters. The van der Waals surface area contributed by atoms with Crippen molar-refractivity contribution in [3.63, 3.8) is 0 Å². The molecule has 0 amide bonds. The van der Waals surface area contributed by atoms with Gasteiger partial charge in [-0.2, -0.15) is 0 Å². The van der Waals surface area contributed by atoms with Crippen molar-refractivity contribution < 1.29 is 9.47 Å². The lowest BCUT2D eigenvalue weighted by Crippen LogP contribution is -2.19. The van der Waals surface area contributed by atoms with E-state index in [1.165, 1.54) is 0 Å². The minimum Gasteiger partial charge on any atom is -0.351 e. The predicted octanol–water partition coefficient (Wildman–Crippen LogP) is 1.15. The second kappa shape index (κ2) is 3.97. The summed E-state index contributed by atoms with van der Waals surface area (Å²) >= 11 is 3.42. The summed E-state index contributed by atoms with van der Waals surface area (Å²) in [6, 6.07) is 0. The minimum absolute atomic E-state index is 0.143. The number of hydrogen-bond acceptors (Lipinski definition) is 2. The fraction of sp³-hybridized carbons (Fsp3) is 0.714. The van der Waals surface area contributed by atoms with E-state index in [0.717, 1.165) is 13.0 Å². The first-order chi connectivity index (χ1) is 4.84. The topological polar surface area (TPSA) is 18.5 Å². The van der Waals surface area contributed by atoms with Crippen molar-refractivity contribution in [1.82, 2.24) is 0 Å². The third kappa shape index (κ3) is 1.98. The Hall–Kier alpha value is -0.0400. The lowest BCUT2D eigenvalue weighted by atomic mass is 10.4. The molecule has 0 spiro atoms. The van der Waals surface area contributed by atoms with E-state index in [4.69, 9.17) is 15.9 Å². The number of alkyl halides is 1. The summed E-state index contributed by atoms with van der Waals surface area (Å²) in [5, 5.41) is 0. The Balaban J connectivity index is 2.21. The van der Waals surface area contributed by atoms with Crippen LogP contribution < -0.4 is 0 Å². The minimum atomic E-state index is -0.143. The zero-order valence-corrected chi connectivity index (χ0v) is 7.13. The molecule has 1 heterocycles. The smallest absolute Gasteiger partial charge is 0.171 e. The van der Waals surface area contributed by atoms with E-state index in [0.29, 0.717) is 11.4 Å². The Morgan fingerprint density at radius 1 is 1.80 bits per heavy atom. The molecule has 1 aliphatic rings. The van der Waals surface area contributed by atoms with Gasteiger partial charge in [0.25, 0.3) is 0 Å². The van der Waals surface area contributed by atoms with E-state index in [2.05, 4.69) is 21.9 Å². The first kappa shape index (κ1) is 8.06. The van der Waals surface area contributed by atoms with Gasteiger partial charge in [0.15, 0.2) is 6.29 Å². The predicted molar refractivity (Wildman–Crippen MR) is 41.9 cm³/mol. The molecule has 3 heteroatoms. The summed E-state index contributed by atoms with van der Waals surface area (Å²) in [4.78, 5) is 0.306. The third-order valence-corrected chi connectivity index (χ3v) is 2.19. The molecule has 0 saturated carbocycles. The molecule has 1 aliphatic heterocycles. The molecule has 0 aliphatic carbocycles. The molecule has 56 valence electrons. The normalized spacial score (nSPS) is 32.0. The Morgan fingerprint density at radius 2 is 2.60 bits per heavy atom. The highest BCUT2D eigenvalue weighted by atomic mass is 79.9. The van der Waals surface area contributed by atoms with Crippen LogP contribution in [-0.2, 0) is 9.47 Å². The molecule has 10 heavy (non-hydrogen) atoms. The van der Waals surface area contributed by atoms with Crippen LogP contribution in [-0.4, -0.2) is 24.3 Å². The first-order valence-corrected chi connectivity index (χ1v) is 4.07. The van der Waals surface area contributed by atoms with Crippen molar-refractivity contribution in [2.75, 3.05) is 13.2 Å². The molecule has 0 aromatic heterocycles. The van der Waals surface area contributed by atoms with Crippen molar-refractivity contribution in [3.05, 3.63) is 0 Å². The monoisotopic (exact) mass is 204 g/mol. The van der Waals surface area contributed by atoms with Gasteiger partial charge in [0.2, 0.25) is 0 Å². The van der Waals surface area contributed by atoms with Gasteiger partial charge in [-0.1, -0.05) is 21.9 Å². The van der Waals surface area contributed by atoms with E-state index in [1.807, 2.05) is 0 Å². The van der Waals surface area contributed by atoms with Crippen molar-refractivity contribution in [2.24, 2.45) is 0 Å². The molecule has 0 aromatic carbocycles. The van der Waals surface area contributed by atoms with Gasteiger partial charge >= 0.3 is 0 Å². The zero-order valence-electron chi connectivity index (χ0n) is 5.55. The van der Waals surface area contributed by atoms with Crippen LogP contribution in [0.5, 0.6) is 0 Å². The van der Waals surface area contributed by atoms with Gasteiger partial charge < -0.3 is 9.47 Å². The Bertz CT molecular complexity index is 141. The maximum absolute atomic E-state index is 5.20. The van der Waals surface area contributed by atoms with Crippen LogP contribution in [0.1, 0.15) is 6.42 Å². The van der Waals surface area contributed by atoms with Gasteiger partial charge in [0.1, 0.15) is 6.61 Å². The van der Waals surface area contributed by atoms with Crippen molar-refractivity contribution in [1.29, 1.82) is 0 Å². The summed E-state index contributed by atoms with van der Waals surface area (Å²) in [5.74, 6) is 2.39. The van der Waals surface area contributed by atoms with Gasteiger partial charge in [-0.15, -0.1) is 6.42 Å². The van der Waals surface area contributed by atoms with E-state index >= 15 is 0 Å². The lowest BCUT2D eigenvalue weighted by Gasteiger charge is -2.11. The van der Waals surface area contributed by atoms with E-state index < -0.39 is 0 Å². The highest BCUT2D eigenvalue weighted by Gasteiger charge is 2.25. The molecule has 2 nitrogen and oxygen atoms in total. The standard InChI is InChI=1S/C7H9BrO2/c1-2-4-9-7-6(8)3-5-10-7/h1,6-7H,3-5H2/t6-,7+/m1/s1. The summed E-state index contributed by atoms with van der Waals surface area (Å²) in [6.45, 7) is 1.08. The summed E-state index contributed by atoms with van der Waals surface area (Å²) in [7, 11) is 0. The Morgan fingerprint density at radius 3 is 3.10 bits per heavy atom. The second-order valence-corrected chi connectivity index (χ2v) is 3.24. The van der Waals surface area contributed by atoms with E-state index in [9.17, 15) is 0 Å². The molecular weight excluding hydrogens is 196 g/mol. The van der Waals surface area contributed by atoms with Crippen LogP contribution in [0.25, 0.3) is 0 Å². The fourth-order valence-electron chi connectivity index (χ4n) is 0.820. The quantitative estimate of drug-likeness (QED) is 0.497. The SMILES string of the molecule is C#CCO[C@H]1OCC[C@H]1Br. The van der Waals surface area contributed by atoms with Crippen molar-refractivity contribution in [3.8, 4) is 12.3 Å². The van der Waals surface area contributed by atoms with E-state index in [-0.39, 0.29) is 6.29 Å². The van der Waals surface area contributed by atoms with Gasteiger partial charge in [0.05, 0.1) is 11.4 Å². The van der Waals surface area contributed by atoms with Crippen LogP contribution >= 0.6 is 15.9 Å². The van der Waals surface area contributed by atoms with Crippen LogP contribution in [0.2, 0.25) is 0 Å². The molecule has 0 radical (unpaired) electrons. The van der Waals surface area contributed by atoms with Crippen LogP contribution in [0.4, 0.5) is 0 Å². The average molecular weight is 205 g/mol. The molecule has 1 rings (SSSR count). The number of ether oxygens (including phenoxy) is 2. The summed E-state index contributed by atoms with van der Waals surface area (Å²) in [5.41, 5.74) is 0. The number of halogens is 1.